The van der Waals surface area contributed by atoms with Crippen LogP contribution in [0, 0.1) is 5.82 Å². The number of nitrogens with one attached hydrogen (secondary N) is 1. The molecule has 4 aromatic rings. The van der Waals surface area contributed by atoms with E-state index in [1.165, 1.54) is 32.2 Å². The molecule has 6 nitrogen and oxygen atoms in total. The number of fused-ring (bicyclic) bond motifs is 3. The van der Waals surface area contributed by atoms with E-state index in [2.05, 4.69) is 5.32 Å². The molecular formula is C23H18FNO5. The minimum Gasteiger partial charge on any atom is -0.495 e. The van der Waals surface area contributed by atoms with Gasteiger partial charge in [-0.15, -0.1) is 0 Å². The van der Waals surface area contributed by atoms with E-state index in [9.17, 15) is 14.0 Å². The van der Waals surface area contributed by atoms with Gasteiger partial charge < -0.3 is 19.2 Å². The number of benzene rings is 3. The molecule has 4 rings (SSSR count). The van der Waals surface area contributed by atoms with Crippen LogP contribution >= 0.6 is 0 Å². The number of para-hydroxylation sites is 1. The summed E-state index contributed by atoms with van der Waals surface area (Å²) in [7, 11) is 1.49. The topological polar surface area (TPSA) is 77.8 Å². The highest BCUT2D eigenvalue weighted by Crippen LogP contribution is 2.36. The number of esters is 1. The van der Waals surface area contributed by atoms with Gasteiger partial charge in [-0.2, -0.15) is 0 Å². The van der Waals surface area contributed by atoms with Gasteiger partial charge in [0, 0.05) is 16.8 Å². The maximum Gasteiger partial charge on any atom is 0.339 e. The number of carbonyl (C=O) groups is 2. The molecule has 0 aliphatic heterocycles. The summed E-state index contributed by atoms with van der Waals surface area (Å²) in [4.78, 5) is 24.7. The Bertz CT molecular complexity index is 1260. The molecule has 1 unspecified atom stereocenters. The Morgan fingerprint density at radius 1 is 1.00 bits per heavy atom. The largest absolute Gasteiger partial charge is 0.495 e. The van der Waals surface area contributed by atoms with Crippen molar-refractivity contribution >= 4 is 39.5 Å². The molecule has 0 saturated carbocycles. The number of amides is 1. The van der Waals surface area contributed by atoms with Crippen molar-refractivity contribution in [2.24, 2.45) is 0 Å². The molecule has 1 aromatic heterocycles. The third-order valence-electron chi connectivity index (χ3n) is 4.67. The Kier molecular flexibility index (Phi) is 5.10. The average Bonchev–Trinajstić information content (AvgIpc) is 3.10. The summed E-state index contributed by atoms with van der Waals surface area (Å²) < 4.78 is 29.7. The van der Waals surface area contributed by atoms with Crippen LogP contribution in [-0.4, -0.2) is 25.1 Å². The maximum absolute atomic E-state index is 13.3. The second kappa shape index (κ2) is 7.87. The molecule has 0 radical (unpaired) electrons. The third-order valence-corrected chi connectivity index (χ3v) is 4.67. The Balaban J connectivity index is 1.55. The molecule has 3 aromatic carbocycles. The van der Waals surface area contributed by atoms with E-state index in [4.69, 9.17) is 13.9 Å². The lowest BCUT2D eigenvalue weighted by atomic mass is 10.1. The number of anilines is 1. The molecule has 152 valence electrons. The third kappa shape index (κ3) is 3.69. The van der Waals surface area contributed by atoms with Gasteiger partial charge in [0.1, 0.15) is 22.7 Å². The number of carbonyl (C=O) groups excluding carboxylic acids is 2. The van der Waals surface area contributed by atoms with Crippen molar-refractivity contribution in [2.75, 3.05) is 12.4 Å². The summed E-state index contributed by atoms with van der Waals surface area (Å²) in [6.45, 7) is 1.43. The van der Waals surface area contributed by atoms with Gasteiger partial charge in [0.2, 0.25) is 0 Å². The van der Waals surface area contributed by atoms with E-state index in [0.717, 1.165) is 22.4 Å². The van der Waals surface area contributed by atoms with Gasteiger partial charge in [0.15, 0.2) is 6.10 Å². The fraction of sp³-hybridized carbons (Fsp3) is 0.130. The number of furan rings is 1. The molecular weight excluding hydrogens is 389 g/mol. The van der Waals surface area contributed by atoms with Crippen LogP contribution in [0.2, 0.25) is 0 Å². The summed E-state index contributed by atoms with van der Waals surface area (Å²) in [5.74, 6) is -1.48. The van der Waals surface area contributed by atoms with Crippen LogP contribution in [0.1, 0.15) is 17.3 Å². The van der Waals surface area contributed by atoms with Crippen molar-refractivity contribution in [3.05, 3.63) is 72.0 Å². The Labute approximate surface area is 171 Å². The van der Waals surface area contributed by atoms with Crippen LogP contribution in [0.5, 0.6) is 5.75 Å². The molecule has 1 amide bonds. The summed E-state index contributed by atoms with van der Waals surface area (Å²) in [6.07, 6.45) is -1.11. The Morgan fingerprint density at radius 3 is 2.57 bits per heavy atom. The molecule has 7 heteroatoms. The Hall–Kier alpha value is -3.87. The van der Waals surface area contributed by atoms with Crippen LogP contribution in [0.3, 0.4) is 0 Å². The first-order chi connectivity index (χ1) is 14.5. The van der Waals surface area contributed by atoms with Gasteiger partial charge >= 0.3 is 5.97 Å². The van der Waals surface area contributed by atoms with Crippen LogP contribution in [0.4, 0.5) is 10.1 Å². The predicted molar refractivity (Wildman–Crippen MR) is 110 cm³/mol. The quantitative estimate of drug-likeness (QED) is 0.475. The van der Waals surface area contributed by atoms with E-state index in [-0.39, 0.29) is 5.56 Å². The van der Waals surface area contributed by atoms with Crippen LogP contribution in [0.15, 0.2) is 65.1 Å². The lowest BCUT2D eigenvalue weighted by Gasteiger charge is -2.15. The lowest BCUT2D eigenvalue weighted by molar-refractivity contribution is -0.123. The van der Waals surface area contributed by atoms with Gasteiger partial charge in [-0.1, -0.05) is 24.3 Å². The Morgan fingerprint density at radius 2 is 1.80 bits per heavy atom. The molecule has 1 heterocycles. The van der Waals surface area contributed by atoms with Gasteiger partial charge in [-0.25, -0.2) is 9.18 Å². The molecule has 0 aliphatic rings. The second-order valence-electron chi connectivity index (χ2n) is 6.69. The molecule has 1 N–H and O–H groups in total. The number of methoxy groups -OCH3 is 1. The molecule has 0 fully saturated rings. The summed E-state index contributed by atoms with van der Waals surface area (Å²) >= 11 is 0. The standard InChI is InChI=1S/C23H18FNO5/c1-13(29-23(27)14-6-5-7-15(24)10-14)22(26)25-18-12-20-17(11-21(18)28-2)16-8-3-4-9-19(16)30-20/h3-13H,1-2H3,(H,25,26). The zero-order chi connectivity index (χ0) is 21.3. The monoisotopic (exact) mass is 407 g/mol. The fourth-order valence-electron chi connectivity index (χ4n) is 3.15. The lowest BCUT2D eigenvalue weighted by Crippen LogP contribution is -2.30. The minimum absolute atomic E-state index is 0.0240. The van der Waals surface area contributed by atoms with Gasteiger partial charge in [-0.3, -0.25) is 4.79 Å². The van der Waals surface area contributed by atoms with Crippen molar-refractivity contribution in [3.63, 3.8) is 0 Å². The molecule has 0 bridgehead atoms. The van der Waals surface area contributed by atoms with E-state index in [1.54, 1.807) is 12.1 Å². The van der Waals surface area contributed by atoms with E-state index < -0.39 is 23.8 Å². The maximum atomic E-state index is 13.3. The SMILES string of the molecule is COc1cc2c(cc1NC(=O)C(C)OC(=O)c1cccc(F)c1)oc1ccccc12. The summed E-state index contributed by atoms with van der Waals surface area (Å²) in [6, 6.07) is 16.1. The van der Waals surface area contributed by atoms with Crippen molar-refractivity contribution in [1.29, 1.82) is 0 Å². The van der Waals surface area contributed by atoms with E-state index in [1.807, 2.05) is 24.3 Å². The number of ether oxygens (including phenoxy) is 2. The first-order valence-corrected chi connectivity index (χ1v) is 9.23. The number of rotatable bonds is 5. The molecule has 0 saturated heterocycles. The van der Waals surface area contributed by atoms with E-state index in [0.29, 0.717) is 17.0 Å². The van der Waals surface area contributed by atoms with Crippen LogP contribution < -0.4 is 10.1 Å². The van der Waals surface area contributed by atoms with Crippen LogP contribution in [-0.2, 0) is 9.53 Å². The van der Waals surface area contributed by atoms with Crippen molar-refractivity contribution in [1.82, 2.24) is 0 Å². The zero-order valence-corrected chi connectivity index (χ0v) is 16.3. The first-order valence-electron chi connectivity index (χ1n) is 9.23. The minimum atomic E-state index is -1.11. The zero-order valence-electron chi connectivity index (χ0n) is 16.3. The first kappa shape index (κ1) is 19.4. The normalized spacial score (nSPS) is 12.0. The average molecular weight is 407 g/mol. The summed E-state index contributed by atoms with van der Waals surface area (Å²) in [5.41, 5.74) is 1.70. The highest BCUT2D eigenvalue weighted by molar-refractivity contribution is 6.08. The van der Waals surface area contributed by atoms with E-state index >= 15 is 0 Å². The van der Waals surface area contributed by atoms with Crippen molar-refractivity contribution in [3.8, 4) is 5.75 Å². The molecule has 0 spiro atoms. The van der Waals surface area contributed by atoms with Gasteiger partial charge in [-0.05, 0) is 37.3 Å². The van der Waals surface area contributed by atoms with Crippen molar-refractivity contribution in [2.45, 2.75) is 13.0 Å². The number of hydrogen-bond acceptors (Lipinski definition) is 5. The molecule has 0 aliphatic carbocycles. The highest BCUT2D eigenvalue weighted by Gasteiger charge is 2.21. The summed E-state index contributed by atoms with van der Waals surface area (Å²) in [5, 5.41) is 4.48. The molecule has 30 heavy (non-hydrogen) atoms. The van der Waals surface area contributed by atoms with Gasteiger partial charge in [0.05, 0.1) is 18.4 Å². The second-order valence-corrected chi connectivity index (χ2v) is 6.69. The fourth-order valence-corrected chi connectivity index (χ4v) is 3.15. The van der Waals surface area contributed by atoms with Crippen LogP contribution in [0.25, 0.3) is 21.9 Å². The number of halogens is 1. The predicted octanol–water partition coefficient (Wildman–Crippen LogP) is 4.92. The highest BCUT2D eigenvalue weighted by atomic mass is 19.1. The van der Waals surface area contributed by atoms with Gasteiger partial charge in [0.25, 0.3) is 5.91 Å². The van der Waals surface area contributed by atoms with Crippen molar-refractivity contribution < 1.29 is 27.9 Å². The number of hydrogen-bond donors (Lipinski definition) is 1. The molecule has 1 atom stereocenters. The smallest absolute Gasteiger partial charge is 0.339 e.